The fraction of sp³-hybridized carbons (Fsp3) is 0.400. The van der Waals surface area contributed by atoms with Gasteiger partial charge in [0.25, 0.3) is 0 Å². The molecule has 2 aliphatic rings. The first kappa shape index (κ1) is 11.3. The number of benzene rings is 1. The van der Waals surface area contributed by atoms with Crippen molar-refractivity contribution < 1.29 is 0 Å². The largest absolute Gasteiger partial charge is 0.320 e. The molecule has 0 atom stereocenters. The van der Waals surface area contributed by atoms with Crippen molar-refractivity contribution >= 4 is 13.4 Å². The van der Waals surface area contributed by atoms with Gasteiger partial charge in [-0.3, -0.25) is 0 Å². The minimum atomic E-state index is -0.274. The SMILES string of the molecule is [B]c1c(C2(N)CC2)ncn1-c1cccc(C2CC2)c1. The summed E-state index contributed by atoms with van der Waals surface area (Å²) in [5.74, 6) is 0.744. The van der Waals surface area contributed by atoms with E-state index < -0.39 is 0 Å². The van der Waals surface area contributed by atoms with Crippen LogP contribution in [-0.4, -0.2) is 17.4 Å². The highest BCUT2D eigenvalue weighted by atomic mass is 15.1. The first-order valence-electron chi connectivity index (χ1n) is 6.90. The van der Waals surface area contributed by atoms with E-state index in [1.54, 1.807) is 6.33 Å². The van der Waals surface area contributed by atoms with E-state index >= 15 is 0 Å². The summed E-state index contributed by atoms with van der Waals surface area (Å²) >= 11 is 0. The molecular formula is C15H16BN3. The molecule has 19 heavy (non-hydrogen) atoms. The van der Waals surface area contributed by atoms with Crippen molar-refractivity contribution in [2.75, 3.05) is 0 Å². The first-order chi connectivity index (χ1) is 9.17. The molecule has 0 amide bonds. The fourth-order valence-electron chi connectivity index (χ4n) is 2.66. The van der Waals surface area contributed by atoms with Gasteiger partial charge in [0.1, 0.15) is 7.85 Å². The number of nitrogens with zero attached hydrogens (tertiary/aromatic N) is 2. The molecule has 0 saturated heterocycles. The molecule has 1 aromatic heterocycles. The molecule has 0 unspecified atom stereocenters. The van der Waals surface area contributed by atoms with Gasteiger partial charge in [-0.2, -0.15) is 0 Å². The third-order valence-electron chi connectivity index (χ3n) is 4.26. The van der Waals surface area contributed by atoms with Gasteiger partial charge in [0.15, 0.2) is 0 Å². The maximum Gasteiger partial charge on any atom is 0.142 e. The van der Waals surface area contributed by atoms with Gasteiger partial charge in [-0.25, -0.2) is 4.98 Å². The second-order valence-corrected chi connectivity index (χ2v) is 5.87. The van der Waals surface area contributed by atoms with Crippen LogP contribution in [0, 0.1) is 0 Å². The molecule has 0 aliphatic heterocycles. The molecule has 4 heteroatoms. The molecule has 3 nitrogen and oxygen atoms in total. The van der Waals surface area contributed by atoms with E-state index in [0.717, 1.165) is 30.1 Å². The molecule has 1 aromatic carbocycles. The van der Waals surface area contributed by atoms with Crippen LogP contribution >= 0.6 is 0 Å². The van der Waals surface area contributed by atoms with E-state index in [1.165, 1.54) is 18.4 Å². The predicted molar refractivity (Wildman–Crippen MR) is 76.0 cm³/mol. The first-order valence-corrected chi connectivity index (χ1v) is 6.90. The summed E-state index contributed by atoms with van der Waals surface area (Å²) in [6, 6.07) is 8.58. The van der Waals surface area contributed by atoms with Gasteiger partial charge < -0.3 is 10.3 Å². The lowest BCUT2D eigenvalue weighted by atomic mass is 9.96. The second-order valence-electron chi connectivity index (χ2n) is 5.87. The molecule has 2 radical (unpaired) electrons. The maximum absolute atomic E-state index is 6.22. The van der Waals surface area contributed by atoms with Gasteiger partial charge in [-0.15, -0.1) is 0 Å². The highest BCUT2D eigenvalue weighted by Crippen LogP contribution is 2.42. The number of hydrogen-bond acceptors (Lipinski definition) is 2. The number of aromatic nitrogens is 2. The third kappa shape index (κ3) is 1.82. The van der Waals surface area contributed by atoms with Crippen LogP contribution in [0.25, 0.3) is 5.69 Å². The Bertz CT molecular complexity index is 639. The summed E-state index contributed by atoms with van der Waals surface area (Å²) in [4.78, 5) is 4.43. The normalized spacial score (nSPS) is 20.5. The summed E-state index contributed by atoms with van der Waals surface area (Å²) in [6.07, 6.45) is 6.37. The molecule has 0 bridgehead atoms. The van der Waals surface area contributed by atoms with Gasteiger partial charge in [-0.05, 0) is 54.9 Å². The standard InChI is InChI=1S/C15H16BN3/c16-14-13(15(17)6-7-15)18-9-19(14)12-3-1-2-11(8-12)10-4-5-10/h1-3,8-10H,4-7,17H2. The summed E-state index contributed by atoms with van der Waals surface area (Å²) in [5.41, 5.74) is 9.95. The topological polar surface area (TPSA) is 43.8 Å². The lowest BCUT2D eigenvalue weighted by Crippen LogP contribution is -2.29. The van der Waals surface area contributed by atoms with Crippen molar-refractivity contribution in [3.05, 3.63) is 41.9 Å². The zero-order chi connectivity index (χ0) is 13.0. The minimum Gasteiger partial charge on any atom is -0.320 e. The Morgan fingerprint density at radius 1 is 1.32 bits per heavy atom. The molecule has 2 fully saturated rings. The number of hydrogen-bond donors (Lipinski definition) is 1. The summed E-state index contributed by atoms with van der Waals surface area (Å²) < 4.78 is 1.95. The molecule has 0 spiro atoms. The van der Waals surface area contributed by atoms with Crippen molar-refractivity contribution in [1.82, 2.24) is 9.55 Å². The van der Waals surface area contributed by atoms with E-state index in [4.69, 9.17) is 13.6 Å². The van der Waals surface area contributed by atoms with Crippen molar-refractivity contribution in [3.63, 3.8) is 0 Å². The van der Waals surface area contributed by atoms with Crippen molar-refractivity contribution in [2.45, 2.75) is 37.1 Å². The summed E-state index contributed by atoms with van der Waals surface area (Å²) in [7, 11) is 6.22. The van der Waals surface area contributed by atoms with Gasteiger partial charge in [0.05, 0.1) is 17.6 Å². The zero-order valence-electron chi connectivity index (χ0n) is 10.8. The van der Waals surface area contributed by atoms with Crippen LogP contribution in [0.2, 0.25) is 0 Å². The van der Waals surface area contributed by atoms with E-state index in [2.05, 4.69) is 29.2 Å². The Hall–Kier alpha value is -1.55. The third-order valence-corrected chi connectivity index (χ3v) is 4.26. The van der Waals surface area contributed by atoms with Crippen LogP contribution in [-0.2, 0) is 5.54 Å². The quantitative estimate of drug-likeness (QED) is 0.837. The van der Waals surface area contributed by atoms with Crippen LogP contribution in [0.1, 0.15) is 42.9 Å². The second kappa shape index (κ2) is 3.73. The number of imidazole rings is 1. The summed E-state index contributed by atoms with van der Waals surface area (Å²) in [5, 5.41) is 0. The highest BCUT2D eigenvalue weighted by molar-refractivity contribution is 6.32. The average Bonchev–Trinajstić information content (AvgIpc) is 3.32. The van der Waals surface area contributed by atoms with Gasteiger partial charge >= 0.3 is 0 Å². The van der Waals surface area contributed by atoms with Crippen LogP contribution in [0.3, 0.4) is 0 Å². The zero-order valence-corrected chi connectivity index (χ0v) is 10.8. The van der Waals surface area contributed by atoms with Gasteiger partial charge in [0, 0.05) is 5.69 Å². The van der Waals surface area contributed by atoms with Crippen LogP contribution in [0.4, 0.5) is 0 Å². The number of nitrogens with two attached hydrogens (primary N) is 1. The van der Waals surface area contributed by atoms with Crippen LogP contribution < -0.4 is 11.3 Å². The van der Waals surface area contributed by atoms with Gasteiger partial charge in [0.2, 0.25) is 0 Å². The van der Waals surface area contributed by atoms with Crippen LogP contribution in [0.15, 0.2) is 30.6 Å². The smallest absolute Gasteiger partial charge is 0.142 e. The van der Waals surface area contributed by atoms with E-state index in [-0.39, 0.29) is 5.54 Å². The van der Waals surface area contributed by atoms with Crippen LogP contribution in [0.5, 0.6) is 0 Å². The monoisotopic (exact) mass is 249 g/mol. The molecular weight excluding hydrogens is 233 g/mol. The minimum absolute atomic E-state index is 0.274. The molecule has 1 heterocycles. The lowest BCUT2D eigenvalue weighted by molar-refractivity contribution is 0.719. The van der Waals surface area contributed by atoms with Crippen molar-refractivity contribution in [2.24, 2.45) is 5.73 Å². The molecule has 2 aliphatic carbocycles. The molecule has 94 valence electrons. The van der Waals surface area contributed by atoms with E-state index in [0.29, 0.717) is 5.59 Å². The Morgan fingerprint density at radius 2 is 2.11 bits per heavy atom. The van der Waals surface area contributed by atoms with Gasteiger partial charge in [-0.1, -0.05) is 12.1 Å². The predicted octanol–water partition coefficient (Wildman–Crippen LogP) is 1.49. The Balaban J connectivity index is 1.75. The lowest BCUT2D eigenvalue weighted by Gasteiger charge is -2.11. The van der Waals surface area contributed by atoms with E-state index in [1.807, 2.05) is 4.57 Å². The number of rotatable bonds is 3. The Morgan fingerprint density at radius 3 is 2.79 bits per heavy atom. The van der Waals surface area contributed by atoms with Crippen molar-refractivity contribution in [1.29, 1.82) is 0 Å². The Labute approximate surface area is 114 Å². The highest BCUT2D eigenvalue weighted by Gasteiger charge is 2.43. The molecule has 2 N–H and O–H groups in total. The maximum atomic E-state index is 6.22. The molecule has 2 aromatic rings. The molecule has 4 rings (SSSR count). The molecule has 2 saturated carbocycles. The van der Waals surface area contributed by atoms with E-state index in [9.17, 15) is 0 Å². The summed E-state index contributed by atoms with van der Waals surface area (Å²) in [6.45, 7) is 0. The average molecular weight is 249 g/mol. The van der Waals surface area contributed by atoms with Crippen molar-refractivity contribution in [3.8, 4) is 5.69 Å². The fourth-order valence-corrected chi connectivity index (χ4v) is 2.66. The Kier molecular flexibility index (Phi) is 2.22.